The second-order valence-electron chi connectivity index (χ2n) is 11.1. The van der Waals surface area contributed by atoms with Gasteiger partial charge in [-0.25, -0.2) is 9.78 Å². The first-order chi connectivity index (χ1) is 22.1. The molecule has 4 unspecified atom stereocenters. The Morgan fingerprint density at radius 2 is 1.50 bits per heavy atom. The molecule has 11 N–H and O–H groups in total. The summed E-state index contributed by atoms with van der Waals surface area (Å²) in [5, 5.41) is 28.3. The molecule has 14 nitrogen and oxygen atoms in total. The Morgan fingerprint density at radius 1 is 0.826 bits per heavy atom. The van der Waals surface area contributed by atoms with Crippen molar-refractivity contribution in [3.63, 3.8) is 0 Å². The van der Waals surface area contributed by atoms with Crippen molar-refractivity contribution in [3.8, 4) is 5.75 Å². The van der Waals surface area contributed by atoms with Gasteiger partial charge in [-0.1, -0.05) is 30.3 Å². The molecule has 4 atom stereocenters. The molecule has 2 aromatic carbocycles. The lowest BCUT2D eigenvalue weighted by Gasteiger charge is -2.25. The molecule has 0 saturated heterocycles. The van der Waals surface area contributed by atoms with E-state index in [-0.39, 0.29) is 31.4 Å². The number of nitrogens with zero attached hydrogens (tertiary/aromatic N) is 1. The fourth-order valence-electron chi connectivity index (χ4n) is 5.11. The monoisotopic (exact) mass is 632 g/mol. The largest absolute Gasteiger partial charge is 0.508 e. The van der Waals surface area contributed by atoms with Gasteiger partial charge in [0.1, 0.15) is 23.9 Å². The highest BCUT2D eigenvalue weighted by molar-refractivity contribution is 5.94. The molecule has 0 aliphatic rings. The van der Waals surface area contributed by atoms with Gasteiger partial charge in [0.05, 0.1) is 12.4 Å². The van der Waals surface area contributed by atoms with Crippen molar-refractivity contribution in [2.24, 2.45) is 11.5 Å². The minimum atomic E-state index is -1.21. The Bertz CT molecular complexity index is 1600. The number of para-hydroxylation sites is 1. The Hall–Kier alpha value is -5.21. The number of aromatic nitrogens is 3. The van der Waals surface area contributed by atoms with Gasteiger partial charge in [0.15, 0.2) is 0 Å². The van der Waals surface area contributed by atoms with Crippen LogP contribution in [0.2, 0.25) is 0 Å². The number of unbranched alkanes of at least 4 members (excludes halogenated alkanes) is 1. The van der Waals surface area contributed by atoms with Crippen LogP contribution < -0.4 is 27.4 Å². The zero-order chi connectivity index (χ0) is 33.1. The Labute approximate surface area is 265 Å². The third-order valence-electron chi connectivity index (χ3n) is 7.63. The molecular formula is C32H40N8O6. The van der Waals surface area contributed by atoms with E-state index in [4.69, 9.17) is 11.5 Å². The zero-order valence-electron chi connectivity index (χ0n) is 25.2. The summed E-state index contributed by atoms with van der Waals surface area (Å²) in [5.41, 5.74) is 14.7. The Balaban J connectivity index is 1.52. The second-order valence-corrected chi connectivity index (χ2v) is 11.1. The molecule has 0 aliphatic carbocycles. The summed E-state index contributed by atoms with van der Waals surface area (Å²) in [6.45, 7) is 0.384. The molecule has 46 heavy (non-hydrogen) atoms. The molecule has 3 amide bonds. The van der Waals surface area contributed by atoms with Gasteiger partial charge < -0.3 is 47.6 Å². The number of fused-ring (bicyclic) bond motifs is 1. The lowest BCUT2D eigenvalue weighted by molar-refractivity contribution is -0.142. The number of aromatic amines is 2. The number of hydrogen-bond donors (Lipinski definition) is 9. The van der Waals surface area contributed by atoms with Gasteiger partial charge in [-0.2, -0.15) is 0 Å². The summed E-state index contributed by atoms with van der Waals surface area (Å²) >= 11 is 0. The van der Waals surface area contributed by atoms with Crippen LogP contribution in [0.3, 0.4) is 0 Å². The zero-order valence-corrected chi connectivity index (χ0v) is 25.2. The highest BCUT2D eigenvalue weighted by atomic mass is 16.4. The van der Waals surface area contributed by atoms with Crippen molar-refractivity contribution in [3.05, 3.63) is 84.1 Å². The SMILES string of the molecule is NCCCCC(NC(=O)C(Cc1ccc(O)cc1)NC(=O)C(Cc1cnc[nH]1)NC(=O)C(N)Cc1c[nH]c2ccccc12)C(=O)O. The number of aliphatic carboxylic acids is 1. The summed E-state index contributed by atoms with van der Waals surface area (Å²) in [7, 11) is 0. The number of benzene rings is 2. The quantitative estimate of drug-likeness (QED) is 0.0740. The third-order valence-corrected chi connectivity index (χ3v) is 7.63. The number of imidazole rings is 1. The maximum atomic E-state index is 13.8. The van der Waals surface area contributed by atoms with Gasteiger partial charge >= 0.3 is 5.97 Å². The minimum Gasteiger partial charge on any atom is -0.508 e. The first kappa shape index (κ1) is 33.7. The van der Waals surface area contributed by atoms with Crippen LogP contribution in [0.4, 0.5) is 0 Å². The van der Waals surface area contributed by atoms with Gasteiger partial charge in [0.25, 0.3) is 0 Å². The topological polar surface area (TPSA) is 241 Å². The number of carbonyl (C=O) groups excluding carboxylic acids is 3. The van der Waals surface area contributed by atoms with Crippen molar-refractivity contribution >= 4 is 34.6 Å². The number of H-pyrrole nitrogens is 2. The van der Waals surface area contributed by atoms with Crippen LogP contribution in [0, 0.1) is 0 Å². The van der Waals surface area contributed by atoms with Crippen LogP contribution in [-0.2, 0) is 38.4 Å². The molecule has 4 rings (SSSR count). The molecule has 244 valence electrons. The lowest BCUT2D eigenvalue weighted by Crippen LogP contribution is -2.58. The van der Waals surface area contributed by atoms with Gasteiger partial charge in [0.2, 0.25) is 17.7 Å². The number of phenolic OH excluding ortho intramolecular Hbond substituents is 1. The van der Waals surface area contributed by atoms with Crippen molar-refractivity contribution in [1.82, 2.24) is 30.9 Å². The van der Waals surface area contributed by atoms with Gasteiger partial charge in [-0.3, -0.25) is 14.4 Å². The van der Waals surface area contributed by atoms with Crippen molar-refractivity contribution in [2.45, 2.75) is 62.7 Å². The van der Waals surface area contributed by atoms with Crippen molar-refractivity contribution in [1.29, 1.82) is 0 Å². The second kappa shape index (κ2) is 16.2. The Morgan fingerprint density at radius 3 is 2.17 bits per heavy atom. The Kier molecular flexibility index (Phi) is 11.9. The fourth-order valence-corrected chi connectivity index (χ4v) is 5.11. The number of rotatable bonds is 17. The van der Waals surface area contributed by atoms with Crippen LogP contribution in [0.25, 0.3) is 10.9 Å². The van der Waals surface area contributed by atoms with Crippen molar-refractivity contribution < 1.29 is 29.4 Å². The smallest absolute Gasteiger partial charge is 0.326 e. The summed E-state index contributed by atoms with van der Waals surface area (Å²) in [5.74, 6) is -3.17. The highest BCUT2D eigenvalue weighted by Crippen LogP contribution is 2.19. The van der Waals surface area contributed by atoms with E-state index in [1.165, 1.54) is 24.7 Å². The summed E-state index contributed by atoms with van der Waals surface area (Å²) in [4.78, 5) is 62.5. The van der Waals surface area contributed by atoms with E-state index in [2.05, 4.69) is 30.9 Å². The maximum Gasteiger partial charge on any atom is 0.326 e. The van der Waals surface area contributed by atoms with E-state index in [9.17, 15) is 29.4 Å². The molecule has 0 aliphatic heterocycles. The predicted octanol–water partition coefficient (Wildman–Crippen LogP) is 0.620. The molecular weight excluding hydrogens is 592 g/mol. The molecule has 0 fully saturated rings. The lowest BCUT2D eigenvalue weighted by atomic mass is 10.0. The van der Waals surface area contributed by atoms with E-state index in [0.29, 0.717) is 30.6 Å². The number of carboxylic acids is 1. The molecule has 2 aromatic heterocycles. The first-order valence-electron chi connectivity index (χ1n) is 15.0. The number of hydrogen-bond acceptors (Lipinski definition) is 8. The molecule has 2 heterocycles. The van der Waals surface area contributed by atoms with Crippen LogP contribution in [0.5, 0.6) is 5.75 Å². The van der Waals surface area contributed by atoms with Crippen molar-refractivity contribution in [2.75, 3.05) is 6.54 Å². The van der Waals surface area contributed by atoms with Gasteiger partial charge in [-0.15, -0.1) is 0 Å². The van der Waals surface area contributed by atoms with Crippen LogP contribution in [0.15, 0.2) is 67.3 Å². The van der Waals surface area contributed by atoms with Crippen LogP contribution in [0.1, 0.15) is 36.1 Å². The predicted molar refractivity (Wildman–Crippen MR) is 170 cm³/mol. The summed E-state index contributed by atoms with van der Waals surface area (Å²) in [6.07, 6.45) is 6.18. The number of aromatic hydroxyl groups is 1. The molecule has 14 heteroatoms. The number of nitrogens with two attached hydrogens (primary N) is 2. The van der Waals surface area contributed by atoms with E-state index >= 15 is 0 Å². The van der Waals surface area contributed by atoms with Gasteiger partial charge in [0, 0.05) is 41.8 Å². The molecule has 0 radical (unpaired) electrons. The number of carbonyl (C=O) groups is 4. The number of nitrogens with one attached hydrogen (secondary N) is 5. The van der Waals surface area contributed by atoms with E-state index < -0.39 is 47.9 Å². The fraction of sp³-hybridized carbons (Fsp3) is 0.344. The standard InChI is InChI=1S/C32H40N8O6/c33-12-4-3-7-26(32(45)46)38-30(43)27(13-19-8-10-22(41)11-9-19)40-31(44)28(15-21-17-35-18-37-21)39-29(42)24(34)14-20-16-36-25-6-2-1-5-23(20)25/h1-2,5-6,8-11,16-18,24,26-28,36,41H,3-4,7,12-15,33-34H2,(H,35,37)(H,38,43)(H,39,42)(H,40,44)(H,45,46). The highest BCUT2D eigenvalue weighted by Gasteiger charge is 2.31. The average Bonchev–Trinajstić information content (AvgIpc) is 3.71. The van der Waals surface area contributed by atoms with E-state index in [1.54, 1.807) is 18.3 Å². The van der Waals surface area contributed by atoms with E-state index in [0.717, 1.165) is 16.5 Å². The van der Waals surface area contributed by atoms with Crippen LogP contribution in [-0.4, -0.2) is 79.6 Å². The number of phenols is 1. The minimum absolute atomic E-state index is 0.0156. The number of amides is 3. The first-order valence-corrected chi connectivity index (χ1v) is 15.0. The molecule has 4 aromatic rings. The van der Waals surface area contributed by atoms with E-state index in [1.807, 2.05) is 24.3 Å². The average molecular weight is 633 g/mol. The third kappa shape index (κ3) is 9.39. The van der Waals surface area contributed by atoms with Gasteiger partial charge in [-0.05, 0) is 61.6 Å². The molecule has 0 spiro atoms. The normalized spacial score (nSPS) is 13.8. The molecule has 0 saturated carbocycles. The number of carboxylic acid groups (broad SMARTS) is 1. The summed E-state index contributed by atoms with van der Waals surface area (Å²) in [6, 6.07) is 9.13. The molecule has 0 bridgehead atoms. The maximum absolute atomic E-state index is 13.8. The van der Waals surface area contributed by atoms with Crippen LogP contribution >= 0.6 is 0 Å². The summed E-state index contributed by atoms with van der Waals surface area (Å²) < 4.78 is 0.